The van der Waals surface area contributed by atoms with Crippen molar-refractivity contribution in [2.24, 2.45) is 0 Å². The summed E-state index contributed by atoms with van der Waals surface area (Å²) in [7, 11) is 1.26. The zero-order valence-corrected chi connectivity index (χ0v) is 12.4. The van der Waals surface area contributed by atoms with Crippen LogP contribution < -0.4 is 5.56 Å². The zero-order chi connectivity index (χ0) is 15.7. The Kier molecular flexibility index (Phi) is 3.72. The Bertz CT molecular complexity index is 899. The molecule has 3 rings (SSSR count). The standard InChI is InChI=1S/C15H11FN2O3S/c1-21-12(19)6-18-8-17-13-11(7-22-14(13)15(18)20)9-2-4-10(16)5-3-9/h2-5,7-8H,6H2,1H3. The van der Waals surface area contributed by atoms with Crippen LogP contribution in [0.25, 0.3) is 21.3 Å². The maximum Gasteiger partial charge on any atom is 0.325 e. The lowest BCUT2D eigenvalue weighted by molar-refractivity contribution is -0.141. The van der Waals surface area contributed by atoms with Gasteiger partial charge in [-0.2, -0.15) is 0 Å². The number of nitrogens with zero attached hydrogens (tertiary/aromatic N) is 2. The SMILES string of the molecule is COC(=O)Cn1cnc2c(-c3ccc(F)cc3)csc2c1=O. The van der Waals surface area contributed by atoms with Gasteiger partial charge in [0.05, 0.1) is 19.0 Å². The highest BCUT2D eigenvalue weighted by atomic mass is 32.1. The van der Waals surface area contributed by atoms with E-state index in [1.165, 1.54) is 41.5 Å². The van der Waals surface area contributed by atoms with Gasteiger partial charge in [0, 0.05) is 10.9 Å². The normalized spacial score (nSPS) is 10.8. The van der Waals surface area contributed by atoms with Gasteiger partial charge < -0.3 is 4.74 Å². The summed E-state index contributed by atoms with van der Waals surface area (Å²) in [6, 6.07) is 5.99. The van der Waals surface area contributed by atoms with Crippen LogP contribution in [0, 0.1) is 5.82 Å². The number of aromatic nitrogens is 2. The van der Waals surface area contributed by atoms with E-state index < -0.39 is 5.97 Å². The Morgan fingerprint density at radius 1 is 1.36 bits per heavy atom. The molecule has 0 aliphatic carbocycles. The summed E-state index contributed by atoms with van der Waals surface area (Å²) in [4.78, 5) is 27.9. The molecule has 0 radical (unpaired) electrons. The summed E-state index contributed by atoms with van der Waals surface area (Å²) in [6.07, 6.45) is 1.32. The number of halogens is 1. The third kappa shape index (κ3) is 2.50. The van der Waals surface area contributed by atoms with Crippen LogP contribution in [0.1, 0.15) is 0 Å². The first-order valence-corrected chi connectivity index (χ1v) is 7.27. The summed E-state index contributed by atoms with van der Waals surface area (Å²) >= 11 is 1.25. The van der Waals surface area contributed by atoms with Crippen molar-refractivity contribution >= 4 is 27.5 Å². The highest BCUT2D eigenvalue weighted by Crippen LogP contribution is 2.30. The summed E-state index contributed by atoms with van der Waals surface area (Å²) in [6.45, 7) is -0.179. The molecule has 2 heterocycles. The quantitative estimate of drug-likeness (QED) is 0.696. The number of methoxy groups -OCH3 is 1. The fourth-order valence-corrected chi connectivity index (χ4v) is 3.07. The van der Waals surface area contributed by atoms with Crippen molar-refractivity contribution in [3.63, 3.8) is 0 Å². The van der Waals surface area contributed by atoms with Gasteiger partial charge in [0.15, 0.2) is 0 Å². The van der Waals surface area contributed by atoms with Crippen molar-refractivity contribution in [2.75, 3.05) is 7.11 Å². The average molecular weight is 318 g/mol. The summed E-state index contributed by atoms with van der Waals surface area (Å²) in [5.41, 5.74) is 1.80. The lowest BCUT2D eigenvalue weighted by Crippen LogP contribution is -2.24. The number of ether oxygens (including phenoxy) is 1. The van der Waals surface area contributed by atoms with E-state index in [0.29, 0.717) is 10.2 Å². The van der Waals surface area contributed by atoms with Gasteiger partial charge in [-0.05, 0) is 17.7 Å². The molecule has 0 fully saturated rings. The third-order valence-corrected chi connectivity index (χ3v) is 4.19. The molecular weight excluding hydrogens is 307 g/mol. The Hall–Kier alpha value is -2.54. The van der Waals surface area contributed by atoms with Crippen molar-refractivity contribution in [2.45, 2.75) is 6.54 Å². The van der Waals surface area contributed by atoms with Crippen LogP contribution in [0.3, 0.4) is 0 Å². The van der Waals surface area contributed by atoms with Crippen molar-refractivity contribution in [1.29, 1.82) is 0 Å². The first kappa shape index (κ1) is 14.4. The second-order valence-electron chi connectivity index (χ2n) is 4.59. The summed E-state index contributed by atoms with van der Waals surface area (Å²) in [5, 5.41) is 1.80. The number of hydrogen-bond acceptors (Lipinski definition) is 5. The zero-order valence-electron chi connectivity index (χ0n) is 11.6. The maximum atomic E-state index is 13.0. The number of rotatable bonds is 3. The minimum atomic E-state index is -0.515. The third-order valence-electron chi connectivity index (χ3n) is 3.23. The number of thiophene rings is 1. The van der Waals surface area contributed by atoms with Gasteiger partial charge in [0.2, 0.25) is 0 Å². The molecule has 0 saturated carbocycles. The van der Waals surface area contributed by atoms with Crippen molar-refractivity contribution in [1.82, 2.24) is 9.55 Å². The summed E-state index contributed by atoms with van der Waals surface area (Å²) < 4.78 is 19.2. The van der Waals surface area contributed by atoms with Gasteiger partial charge in [0.25, 0.3) is 5.56 Å². The summed E-state index contributed by atoms with van der Waals surface area (Å²) in [5.74, 6) is -0.838. The molecule has 3 aromatic rings. The molecule has 22 heavy (non-hydrogen) atoms. The lowest BCUT2D eigenvalue weighted by Gasteiger charge is -2.04. The molecule has 2 aromatic heterocycles. The topological polar surface area (TPSA) is 61.2 Å². The predicted octanol–water partition coefficient (Wildman–Crippen LogP) is 2.44. The molecule has 0 spiro atoms. The van der Waals surface area contributed by atoms with E-state index >= 15 is 0 Å². The van der Waals surface area contributed by atoms with E-state index in [0.717, 1.165) is 11.1 Å². The second kappa shape index (κ2) is 5.69. The molecule has 0 atom stereocenters. The molecule has 0 aliphatic rings. The fourth-order valence-electron chi connectivity index (χ4n) is 2.09. The molecule has 5 nitrogen and oxygen atoms in total. The molecule has 0 N–H and O–H groups in total. The molecule has 0 unspecified atom stereocenters. The van der Waals surface area contributed by atoms with E-state index in [1.54, 1.807) is 17.5 Å². The number of benzene rings is 1. The molecule has 0 aliphatic heterocycles. The van der Waals surface area contributed by atoms with Crippen LogP contribution in [0.5, 0.6) is 0 Å². The van der Waals surface area contributed by atoms with Crippen LogP contribution >= 0.6 is 11.3 Å². The largest absolute Gasteiger partial charge is 0.468 e. The van der Waals surface area contributed by atoms with E-state index in [1.807, 2.05) is 0 Å². The Morgan fingerprint density at radius 3 is 2.77 bits per heavy atom. The highest BCUT2D eigenvalue weighted by Gasteiger charge is 2.14. The lowest BCUT2D eigenvalue weighted by atomic mass is 10.1. The molecule has 0 saturated heterocycles. The molecule has 7 heteroatoms. The van der Waals surface area contributed by atoms with Gasteiger partial charge in [-0.1, -0.05) is 12.1 Å². The van der Waals surface area contributed by atoms with Crippen LogP contribution in [0.15, 0.2) is 40.8 Å². The molecule has 0 amide bonds. The highest BCUT2D eigenvalue weighted by molar-refractivity contribution is 7.17. The molecular formula is C15H11FN2O3S. The van der Waals surface area contributed by atoms with Crippen molar-refractivity contribution in [3.05, 3.63) is 52.1 Å². The Labute approximate surface area is 128 Å². The van der Waals surface area contributed by atoms with Crippen molar-refractivity contribution < 1.29 is 13.9 Å². The van der Waals surface area contributed by atoms with E-state index in [2.05, 4.69) is 9.72 Å². The maximum absolute atomic E-state index is 13.0. The number of carbonyl (C=O) groups excluding carboxylic acids is 1. The molecule has 112 valence electrons. The smallest absolute Gasteiger partial charge is 0.325 e. The van der Waals surface area contributed by atoms with Crippen LogP contribution in [0.4, 0.5) is 4.39 Å². The number of hydrogen-bond donors (Lipinski definition) is 0. The minimum Gasteiger partial charge on any atom is -0.468 e. The average Bonchev–Trinajstić information content (AvgIpc) is 2.95. The van der Waals surface area contributed by atoms with Crippen molar-refractivity contribution in [3.8, 4) is 11.1 Å². The number of carbonyl (C=O) groups is 1. The first-order valence-electron chi connectivity index (χ1n) is 6.39. The van der Waals surface area contributed by atoms with Gasteiger partial charge >= 0.3 is 5.97 Å². The van der Waals surface area contributed by atoms with E-state index in [-0.39, 0.29) is 17.9 Å². The molecule has 0 bridgehead atoms. The predicted molar refractivity (Wildman–Crippen MR) is 81.3 cm³/mol. The Balaban J connectivity index is 2.09. The van der Waals surface area contributed by atoms with Crippen LogP contribution in [-0.4, -0.2) is 22.6 Å². The molecule has 1 aromatic carbocycles. The van der Waals surface area contributed by atoms with Gasteiger partial charge in [-0.25, -0.2) is 9.37 Å². The second-order valence-corrected chi connectivity index (χ2v) is 5.47. The van der Waals surface area contributed by atoms with Crippen LogP contribution in [0.2, 0.25) is 0 Å². The van der Waals surface area contributed by atoms with Gasteiger partial charge in [0.1, 0.15) is 17.1 Å². The van der Waals surface area contributed by atoms with Gasteiger partial charge in [-0.15, -0.1) is 11.3 Å². The first-order chi connectivity index (χ1) is 10.6. The van der Waals surface area contributed by atoms with E-state index in [4.69, 9.17) is 0 Å². The minimum absolute atomic E-state index is 0.179. The monoisotopic (exact) mass is 318 g/mol. The fraction of sp³-hybridized carbons (Fsp3) is 0.133. The Morgan fingerprint density at radius 2 is 2.09 bits per heavy atom. The van der Waals surface area contributed by atoms with Crippen LogP contribution in [-0.2, 0) is 16.1 Å². The van der Waals surface area contributed by atoms with Gasteiger partial charge in [-0.3, -0.25) is 14.2 Å². The van der Waals surface area contributed by atoms with E-state index in [9.17, 15) is 14.0 Å². The number of esters is 1. The number of fused-ring (bicyclic) bond motifs is 1.